The first-order chi connectivity index (χ1) is 12.9. The number of pyridine rings is 1. The molecule has 0 bridgehead atoms. The van der Waals surface area contributed by atoms with Crippen LogP contribution in [0.3, 0.4) is 0 Å². The van der Waals surface area contributed by atoms with E-state index in [-0.39, 0.29) is 11.3 Å². The zero-order chi connectivity index (χ0) is 19.0. The topological polar surface area (TPSA) is 85.8 Å². The van der Waals surface area contributed by atoms with Crippen molar-refractivity contribution < 1.29 is 9.21 Å². The van der Waals surface area contributed by atoms with Gasteiger partial charge in [-0.1, -0.05) is 20.8 Å². The third-order valence-corrected chi connectivity index (χ3v) is 4.04. The summed E-state index contributed by atoms with van der Waals surface area (Å²) in [5.74, 6) is 1.07. The predicted octanol–water partition coefficient (Wildman–Crippen LogP) is 3.96. The number of amides is 1. The average Bonchev–Trinajstić information content (AvgIpc) is 3.31. The van der Waals surface area contributed by atoms with Gasteiger partial charge in [0, 0.05) is 29.7 Å². The van der Waals surface area contributed by atoms with E-state index < -0.39 is 0 Å². The van der Waals surface area contributed by atoms with Gasteiger partial charge in [-0.2, -0.15) is 5.10 Å². The van der Waals surface area contributed by atoms with Crippen LogP contribution in [0.1, 0.15) is 37.0 Å². The number of benzene rings is 1. The van der Waals surface area contributed by atoms with Crippen LogP contribution >= 0.6 is 0 Å². The number of hydrogen-bond acceptors (Lipinski definition) is 5. The highest BCUT2D eigenvalue weighted by Crippen LogP contribution is 2.27. The van der Waals surface area contributed by atoms with Crippen LogP contribution in [0.5, 0.6) is 0 Å². The molecule has 0 aliphatic heterocycles. The lowest BCUT2D eigenvalue weighted by Gasteiger charge is -2.11. The molecule has 0 aliphatic carbocycles. The molecule has 136 valence electrons. The lowest BCUT2D eigenvalue weighted by atomic mass is 9.97. The van der Waals surface area contributed by atoms with Crippen LogP contribution in [0.4, 0.5) is 5.69 Å². The first kappa shape index (κ1) is 17.0. The van der Waals surface area contributed by atoms with Crippen molar-refractivity contribution in [1.29, 1.82) is 0 Å². The van der Waals surface area contributed by atoms with Gasteiger partial charge in [0.15, 0.2) is 11.4 Å². The number of hydrogen-bond donors (Lipinski definition) is 1. The maximum Gasteiger partial charge on any atom is 0.257 e. The molecule has 0 saturated carbocycles. The summed E-state index contributed by atoms with van der Waals surface area (Å²) in [4.78, 5) is 21.3. The number of nitrogens with one attached hydrogen (secondary N) is 1. The van der Waals surface area contributed by atoms with E-state index in [0.29, 0.717) is 34.1 Å². The van der Waals surface area contributed by atoms with Crippen molar-refractivity contribution >= 4 is 22.7 Å². The van der Waals surface area contributed by atoms with Crippen LogP contribution in [0.15, 0.2) is 59.4 Å². The lowest BCUT2D eigenvalue weighted by molar-refractivity contribution is 0.102. The first-order valence-corrected chi connectivity index (χ1v) is 8.59. The van der Waals surface area contributed by atoms with Crippen LogP contribution in [0.25, 0.3) is 16.9 Å². The molecule has 1 N–H and O–H groups in total. The quantitative estimate of drug-likeness (QED) is 0.597. The van der Waals surface area contributed by atoms with Gasteiger partial charge in [-0.15, -0.1) is 0 Å². The standard InChI is InChI=1S/C20H19N5O2/c1-20(2,3)19-24-15-11-14(6-7-16(15)27-19)23-18(26)13-5-8-17(21-12-13)25-10-4-9-22-25/h4-12H,1-3H3,(H,23,26). The fraction of sp³-hybridized carbons (Fsp3) is 0.200. The summed E-state index contributed by atoms with van der Waals surface area (Å²) in [6, 6.07) is 10.7. The zero-order valence-electron chi connectivity index (χ0n) is 15.3. The van der Waals surface area contributed by atoms with Gasteiger partial charge in [-0.25, -0.2) is 14.6 Å². The molecule has 1 aromatic carbocycles. The second-order valence-corrected chi connectivity index (χ2v) is 7.26. The van der Waals surface area contributed by atoms with Crippen molar-refractivity contribution in [2.75, 3.05) is 5.32 Å². The second-order valence-electron chi connectivity index (χ2n) is 7.26. The SMILES string of the molecule is CC(C)(C)c1nc2cc(NC(=O)c3ccc(-n4cccn4)nc3)ccc2o1. The van der Waals surface area contributed by atoms with E-state index in [1.165, 1.54) is 6.20 Å². The molecule has 27 heavy (non-hydrogen) atoms. The molecule has 3 heterocycles. The van der Waals surface area contributed by atoms with Gasteiger partial charge in [0.05, 0.1) is 5.56 Å². The highest BCUT2D eigenvalue weighted by Gasteiger charge is 2.21. The normalized spacial score (nSPS) is 11.7. The van der Waals surface area contributed by atoms with Crippen molar-refractivity contribution in [2.45, 2.75) is 26.2 Å². The number of carbonyl (C=O) groups is 1. The number of anilines is 1. The Balaban J connectivity index is 1.53. The third kappa shape index (κ3) is 3.44. The molecular weight excluding hydrogens is 342 g/mol. The Morgan fingerprint density at radius 1 is 1.19 bits per heavy atom. The van der Waals surface area contributed by atoms with Crippen LogP contribution in [0, 0.1) is 0 Å². The average molecular weight is 361 g/mol. The van der Waals surface area contributed by atoms with E-state index in [1.807, 2.05) is 32.9 Å². The zero-order valence-corrected chi connectivity index (χ0v) is 15.3. The highest BCUT2D eigenvalue weighted by molar-refractivity contribution is 6.04. The number of carbonyl (C=O) groups excluding carboxylic acids is 1. The smallest absolute Gasteiger partial charge is 0.257 e. The minimum absolute atomic E-state index is 0.176. The summed E-state index contributed by atoms with van der Waals surface area (Å²) in [6.07, 6.45) is 4.99. The van der Waals surface area contributed by atoms with Gasteiger partial charge in [0.1, 0.15) is 5.52 Å². The maximum absolute atomic E-state index is 12.5. The fourth-order valence-electron chi connectivity index (χ4n) is 2.59. The molecule has 7 nitrogen and oxygen atoms in total. The molecular formula is C20H19N5O2. The van der Waals surface area contributed by atoms with Crippen LogP contribution < -0.4 is 5.32 Å². The number of oxazole rings is 1. The molecule has 0 atom stereocenters. The number of aromatic nitrogens is 4. The summed E-state index contributed by atoms with van der Waals surface area (Å²) in [5.41, 5.74) is 2.34. The van der Waals surface area contributed by atoms with Gasteiger partial charge in [-0.3, -0.25) is 4.79 Å². The summed E-state index contributed by atoms with van der Waals surface area (Å²) in [6.45, 7) is 6.13. The Hall–Kier alpha value is -3.48. The van der Waals surface area contributed by atoms with E-state index in [4.69, 9.17) is 4.42 Å². The van der Waals surface area contributed by atoms with Gasteiger partial charge in [0.2, 0.25) is 5.89 Å². The highest BCUT2D eigenvalue weighted by atomic mass is 16.3. The number of rotatable bonds is 3. The monoisotopic (exact) mass is 361 g/mol. The van der Waals surface area contributed by atoms with E-state index in [1.54, 1.807) is 41.3 Å². The summed E-state index contributed by atoms with van der Waals surface area (Å²) in [5, 5.41) is 6.98. The molecule has 0 saturated heterocycles. The third-order valence-electron chi connectivity index (χ3n) is 4.04. The lowest BCUT2D eigenvalue weighted by Crippen LogP contribution is -2.12. The number of nitrogens with zero attached hydrogens (tertiary/aromatic N) is 4. The van der Waals surface area contributed by atoms with Crippen molar-refractivity contribution in [1.82, 2.24) is 19.7 Å². The van der Waals surface area contributed by atoms with Crippen LogP contribution in [-0.4, -0.2) is 25.7 Å². The molecule has 4 aromatic rings. The van der Waals surface area contributed by atoms with Crippen molar-refractivity contribution in [2.24, 2.45) is 0 Å². The Labute approximate surface area is 156 Å². The van der Waals surface area contributed by atoms with Crippen molar-refractivity contribution in [3.05, 3.63) is 66.4 Å². The molecule has 4 rings (SSSR count). The minimum Gasteiger partial charge on any atom is -0.440 e. The molecule has 0 unspecified atom stereocenters. The number of fused-ring (bicyclic) bond motifs is 1. The van der Waals surface area contributed by atoms with Crippen LogP contribution in [0.2, 0.25) is 0 Å². The van der Waals surface area contributed by atoms with Gasteiger partial charge in [0.25, 0.3) is 5.91 Å². The van der Waals surface area contributed by atoms with E-state index in [2.05, 4.69) is 20.4 Å². The van der Waals surface area contributed by atoms with Gasteiger partial charge >= 0.3 is 0 Å². The molecule has 3 aromatic heterocycles. The fourth-order valence-corrected chi connectivity index (χ4v) is 2.59. The largest absolute Gasteiger partial charge is 0.440 e. The molecule has 1 amide bonds. The molecule has 0 aliphatic rings. The van der Waals surface area contributed by atoms with Crippen molar-refractivity contribution in [3.8, 4) is 5.82 Å². The van der Waals surface area contributed by atoms with Crippen molar-refractivity contribution in [3.63, 3.8) is 0 Å². The van der Waals surface area contributed by atoms with E-state index in [9.17, 15) is 4.79 Å². The summed E-state index contributed by atoms with van der Waals surface area (Å²) >= 11 is 0. The summed E-state index contributed by atoms with van der Waals surface area (Å²) in [7, 11) is 0. The molecule has 0 fully saturated rings. The Morgan fingerprint density at radius 2 is 2.04 bits per heavy atom. The maximum atomic E-state index is 12.5. The Bertz CT molecular complexity index is 1090. The van der Waals surface area contributed by atoms with E-state index >= 15 is 0 Å². The van der Waals surface area contributed by atoms with Gasteiger partial charge in [-0.05, 0) is 36.4 Å². The molecule has 0 spiro atoms. The Morgan fingerprint density at radius 3 is 2.70 bits per heavy atom. The summed E-state index contributed by atoms with van der Waals surface area (Å²) < 4.78 is 7.42. The first-order valence-electron chi connectivity index (χ1n) is 8.59. The molecule has 0 radical (unpaired) electrons. The van der Waals surface area contributed by atoms with Crippen LogP contribution in [-0.2, 0) is 5.41 Å². The minimum atomic E-state index is -0.242. The molecule has 7 heteroatoms. The Kier molecular flexibility index (Phi) is 3.99. The van der Waals surface area contributed by atoms with Gasteiger partial charge < -0.3 is 9.73 Å². The predicted molar refractivity (Wildman–Crippen MR) is 102 cm³/mol. The van der Waals surface area contributed by atoms with E-state index in [0.717, 1.165) is 0 Å². The second kappa shape index (κ2) is 6.35.